The van der Waals surface area contributed by atoms with Gasteiger partial charge in [-0.2, -0.15) is 0 Å². The maximum Gasteiger partial charge on any atom is 0.308 e. The molecule has 0 amide bonds. The number of carbonyl (C=O) groups excluding carboxylic acids is 1. The van der Waals surface area contributed by atoms with Gasteiger partial charge in [-0.15, -0.1) is 0 Å². The minimum absolute atomic E-state index is 0.0696. The van der Waals surface area contributed by atoms with Crippen molar-refractivity contribution < 1.29 is 9.53 Å². The molecule has 0 saturated heterocycles. The number of carbonyl (C=O) groups is 1. The van der Waals surface area contributed by atoms with Crippen molar-refractivity contribution in [1.29, 1.82) is 0 Å². The van der Waals surface area contributed by atoms with E-state index in [9.17, 15) is 4.79 Å². The molecule has 0 aromatic carbocycles. The van der Waals surface area contributed by atoms with Gasteiger partial charge in [-0.3, -0.25) is 4.79 Å². The molecule has 1 N–H and O–H groups in total. The number of aromatic nitrogens is 2. The van der Waals surface area contributed by atoms with Gasteiger partial charge in [0.2, 0.25) is 0 Å². The number of anilines is 1. The van der Waals surface area contributed by atoms with Crippen molar-refractivity contribution in [2.45, 2.75) is 38.6 Å². The van der Waals surface area contributed by atoms with Gasteiger partial charge in [0.1, 0.15) is 12.1 Å². The van der Waals surface area contributed by atoms with Gasteiger partial charge >= 0.3 is 5.97 Å². The molecule has 0 spiro atoms. The second kappa shape index (κ2) is 5.80. The van der Waals surface area contributed by atoms with E-state index < -0.39 is 0 Å². The summed E-state index contributed by atoms with van der Waals surface area (Å²) in [6.45, 7) is 1.95. The Morgan fingerprint density at radius 3 is 2.67 bits per heavy atom. The van der Waals surface area contributed by atoms with E-state index in [0.29, 0.717) is 6.04 Å². The zero-order valence-electron chi connectivity index (χ0n) is 10.8. The molecule has 0 aliphatic heterocycles. The highest BCUT2D eigenvalue weighted by Crippen LogP contribution is 2.26. The van der Waals surface area contributed by atoms with E-state index in [1.807, 2.05) is 13.0 Å². The Bertz CT molecular complexity index is 414. The largest absolute Gasteiger partial charge is 0.469 e. The van der Waals surface area contributed by atoms with Crippen LogP contribution in [0.4, 0.5) is 5.82 Å². The van der Waals surface area contributed by atoms with Crippen molar-refractivity contribution >= 4 is 11.8 Å². The van der Waals surface area contributed by atoms with Gasteiger partial charge in [0, 0.05) is 17.8 Å². The average Bonchev–Trinajstić information content (AvgIpc) is 2.39. The number of ether oxygens (including phenoxy) is 1. The lowest BCUT2D eigenvalue weighted by Gasteiger charge is -2.27. The normalized spacial score (nSPS) is 23.4. The molecular weight excluding hydrogens is 230 g/mol. The third-order valence-electron chi connectivity index (χ3n) is 3.42. The van der Waals surface area contributed by atoms with E-state index in [2.05, 4.69) is 15.3 Å². The number of methoxy groups -OCH3 is 1. The van der Waals surface area contributed by atoms with Gasteiger partial charge in [0.15, 0.2) is 0 Å². The van der Waals surface area contributed by atoms with Crippen molar-refractivity contribution in [3.63, 3.8) is 0 Å². The summed E-state index contributed by atoms with van der Waals surface area (Å²) in [4.78, 5) is 19.7. The summed E-state index contributed by atoms with van der Waals surface area (Å²) in [6, 6.07) is 2.33. The summed E-state index contributed by atoms with van der Waals surface area (Å²) in [5.74, 6) is 0.857. The van der Waals surface area contributed by atoms with E-state index in [0.717, 1.165) is 37.2 Å². The molecule has 1 fully saturated rings. The van der Waals surface area contributed by atoms with Crippen LogP contribution in [0.3, 0.4) is 0 Å². The quantitative estimate of drug-likeness (QED) is 0.829. The highest BCUT2D eigenvalue weighted by atomic mass is 16.5. The van der Waals surface area contributed by atoms with Crippen molar-refractivity contribution in [1.82, 2.24) is 9.97 Å². The van der Waals surface area contributed by atoms with Crippen LogP contribution in [-0.4, -0.2) is 29.1 Å². The highest BCUT2D eigenvalue weighted by molar-refractivity contribution is 5.72. The van der Waals surface area contributed by atoms with Crippen molar-refractivity contribution in [3.05, 3.63) is 18.1 Å². The molecule has 0 radical (unpaired) electrons. The number of nitrogens with zero attached hydrogens (tertiary/aromatic N) is 2. The Morgan fingerprint density at radius 2 is 2.06 bits per heavy atom. The second-order valence-corrected chi connectivity index (χ2v) is 4.76. The van der Waals surface area contributed by atoms with Crippen molar-refractivity contribution in [3.8, 4) is 0 Å². The number of hydrogen-bond donors (Lipinski definition) is 1. The number of nitrogens with one attached hydrogen (secondary N) is 1. The average molecular weight is 249 g/mol. The molecular formula is C13H19N3O2. The van der Waals surface area contributed by atoms with Gasteiger partial charge in [-0.05, 0) is 32.6 Å². The van der Waals surface area contributed by atoms with Crippen LogP contribution in [0.1, 0.15) is 31.4 Å². The fourth-order valence-electron chi connectivity index (χ4n) is 2.38. The zero-order chi connectivity index (χ0) is 13.0. The highest BCUT2D eigenvalue weighted by Gasteiger charge is 2.26. The molecule has 2 rings (SSSR count). The molecule has 1 aliphatic carbocycles. The summed E-state index contributed by atoms with van der Waals surface area (Å²) >= 11 is 0. The molecule has 18 heavy (non-hydrogen) atoms. The third-order valence-corrected chi connectivity index (χ3v) is 3.42. The molecule has 1 saturated carbocycles. The number of rotatable bonds is 3. The molecule has 5 heteroatoms. The van der Waals surface area contributed by atoms with Gasteiger partial charge < -0.3 is 10.1 Å². The smallest absolute Gasteiger partial charge is 0.308 e. The Hall–Kier alpha value is -1.65. The second-order valence-electron chi connectivity index (χ2n) is 4.76. The topological polar surface area (TPSA) is 64.1 Å². The van der Waals surface area contributed by atoms with E-state index in [-0.39, 0.29) is 11.9 Å². The van der Waals surface area contributed by atoms with E-state index in [4.69, 9.17) is 4.74 Å². The first-order valence-electron chi connectivity index (χ1n) is 6.32. The zero-order valence-corrected chi connectivity index (χ0v) is 10.8. The van der Waals surface area contributed by atoms with Crippen molar-refractivity contribution in [2.24, 2.45) is 5.92 Å². The molecule has 0 bridgehead atoms. The first kappa shape index (κ1) is 12.8. The van der Waals surface area contributed by atoms with Gasteiger partial charge in [0.05, 0.1) is 13.0 Å². The van der Waals surface area contributed by atoms with Crippen LogP contribution in [0.5, 0.6) is 0 Å². The van der Waals surface area contributed by atoms with E-state index >= 15 is 0 Å². The maximum atomic E-state index is 11.4. The Morgan fingerprint density at radius 1 is 1.33 bits per heavy atom. The Balaban J connectivity index is 1.85. The molecule has 1 heterocycles. The summed E-state index contributed by atoms with van der Waals surface area (Å²) in [5, 5.41) is 3.40. The number of esters is 1. The molecule has 1 aromatic heterocycles. The van der Waals surface area contributed by atoms with Crippen LogP contribution >= 0.6 is 0 Å². The first-order chi connectivity index (χ1) is 8.69. The van der Waals surface area contributed by atoms with Gasteiger partial charge in [-0.1, -0.05) is 0 Å². The Kier molecular flexibility index (Phi) is 4.12. The standard InChI is InChI=1S/C13H19N3O2/c1-9-7-12(15-8-14-9)16-11-5-3-10(4-6-11)13(17)18-2/h7-8,10-11H,3-6H2,1-2H3,(H,14,15,16). The molecule has 98 valence electrons. The first-order valence-corrected chi connectivity index (χ1v) is 6.32. The van der Waals surface area contributed by atoms with Gasteiger partial charge in [0.25, 0.3) is 0 Å². The SMILES string of the molecule is COC(=O)C1CCC(Nc2cc(C)ncn2)CC1. The van der Waals surface area contributed by atoms with E-state index in [1.165, 1.54) is 7.11 Å². The molecule has 0 atom stereocenters. The van der Waals surface area contributed by atoms with Crippen LogP contribution in [0.25, 0.3) is 0 Å². The molecule has 1 aromatic rings. The monoisotopic (exact) mass is 249 g/mol. The van der Waals surface area contributed by atoms with Crippen LogP contribution in [-0.2, 0) is 9.53 Å². The lowest BCUT2D eigenvalue weighted by molar-refractivity contribution is -0.146. The number of aryl methyl sites for hydroxylation is 1. The molecule has 5 nitrogen and oxygen atoms in total. The van der Waals surface area contributed by atoms with Crippen LogP contribution in [0, 0.1) is 12.8 Å². The Labute approximate surface area is 107 Å². The predicted octanol–water partition coefficient (Wildman–Crippen LogP) is 1.93. The molecule has 0 unspecified atom stereocenters. The maximum absolute atomic E-state index is 11.4. The fraction of sp³-hybridized carbons (Fsp3) is 0.615. The van der Waals surface area contributed by atoms with Crippen LogP contribution < -0.4 is 5.32 Å². The van der Waals surface area contributed by atoms with Crippen LogP contribution in [0.15, 0.2) is 12.4 Å². The van der Waals surface area contributed by atoms with Gasteiger partial charge in [-0.25, -0.2) is 9.97 Å². The summed E-state index contributed by atoms with van der Waals surface area (Å²) in [7, 11) is 1.45. The number of hydrogen-bond acceptors (Lipinski definition) is 5. The summed E-state index contributed by atoms with van der Waals surface area (Å²) in [6.07, 6.45) is 5.28. The van der Waals surface area contributed by atoms with Crippen molar-refractivity contribution in [2.75, 3.05) is 12.4 Å². The minimum atomic E-state index is -0.0775. The lowest BCUT2D eigenvalue weighted by Crippen LogP contribution is -2.30. The third kappa shape index (κ3) is 3.18. The predicted molar refractivity (Wildman–Crippen MR) is 68.2 cm³/mol. The molecule has 1 aliphatic rings. The fourth-order valence-corrected chi connectivity index (χ4v) is 2.38. The minimum Gasteiger partial charge on any atom is -0.469 e. The summed E-state index contributed by atoms with van der Waals surface area (Å²) < 4.78 is 4.78. The summed E-state index contributed by atoms with van der Waals surface area (Å²) in [5.41, 5.74) is 0.954. The van der Waals surface area contributed by atoms with E-state index in [1.54, 1.807) is 6.33 Å². The lowest BCUT2D eigenvalue weighted by atomic mass is 9.86. The van der Waals surface area contributed by atoms with Crippen LogP contribution in [0.2, 0.25) is 0 Å².